The highest BCUT2D eigenvalue weighted by Crippen LogP contribution is 2.22. The topological polar surface area (TPSA) is 61.4 Å². The van der Waals surface area contributed by atoms with Gasteiger partial charge < -0.3 is 15.1 Å². The molecule has 1 aliphatic rings. The van der Waals surface area contributed by atoms with Gasteiger partial charge in [0, 0.05) is 32.2 Å². The Balaban J connectivity index is 1.51. The van der Waals surface area contributed by atoms with Crippen molar-refractivity contribution in [1.82, 2.24) is 19.8 Å². The van der Waals surface area contributed by atoms with Crippen molar-refractivity contribution in [3.8, 4) is 0 Å². The Bertz CT molecular complexity index is 726. The Hall–Kier alpha value is -2.47. The van der Waals surface area contributed by atoms with Crippen LogP contribution in [-0.2, 0) is 6.42 Å². The standard InChI is InChI=1S/C21H29N5O/c1-25(2)13-10-22-20-15-19(23-16-24-20)21(27)26-11-8-18(9-12-26)14-17-6-4-3-5-7-17/h3-7,15-16,18H,8-14H2,1-2H3,(H,22,23,24). The van der Waals surface area contributed by atoms with Gasteiger partial charge in [0.2, 0.25) is 0 Å². The van der Waals surface area contributed by atoms with Crippen LogP contribution in [0.15, 0.2) is 42.7 Å². The highest BCUT2D eigenvalue weighted by atomic mass is 16.2. The zero-order valence-electron chi connectivity index (χ0n) is 16.3. The maximum Gasteiger partial charge on any atom is 0.272 e. The number of nitrogens with zero attached hydrogens (tertiary/aromatic N) is 4. The van der Waals surface area contributed by atoms with Crippen molar-refractivity contribution >= 4 is 11.7 Å². The molecule has 0 bridgehead atoms. The second kappa shape index (κ2) is 9.46. The van der Waals surface area contributed by atoms with Crippen LogP contribution in [0.4, 0.5) is 5.82 Å². The molecule has 0 spiro atoms. The Morgan fingerprint density at radius 2 is 1.93 bits per heavy atom. The number of benzene rings is 1. The van der Waals surface area contributed by atoms with Crippen LogP contribution in [-0.4, -0.2) is 65.9 Å². The van der Waals surface area contributed by atoms with Gasteiger partial charge in [-0.25, -0.2) is 9.97 Å². The number of rotatable bonds is 7. The predicted octanol–water partition coefficient (Wildman–Crippen LogP) is 2.55. The van der Waals surface area contributed by atoms with Crippen LogP contribution in [0.3, 0.4) is 0 Å². The van der Waals surface area contributed by atoms with Gasteiger partial charge in [0.05, 0.1) is 0 Å². The van der Waals surface area contributed by atoms with Crippen molar-refractivity contribution in [2.45, 2.75) is 19.3 Å². The molecule has 1 aromatic carbocycles. The van der Waals surface area contributed by atoms with Crippen molar-refractivity contribution in [3.05, 3.63) is 54.0 Å². The summed E-state index contributed by atoms with van der Waals surface area (Å²) in [5, 5.41) is 3.25. The summed E-state index contributed by atoms with van der Waals surface area (Å²) < 4.78 is 0. The fourth-order valence-corrected chi connectivity index (χ4v) is 3.43. The first-order chi connectivity index (χ1) is 13.1. The number of hydrogen-bond donors (Lipinski definition) is 1. The van der Waals surface area contributed by atoms with Crippen molar-refractivity contribution in [1.29, 1.82) is 0 Å². The van der Waals surface area contributed by atoms with Crippen LogP contribution in [0.2, 0.25) is 0 Å². The molecule has 0 radical (unpaired) electrons. The molecule has 0 saturated carbocycles. The molecule has 3 rings (SSSR count). The van der Waals surface area contributed by atoms with E-state index in [4.69, 9.17) is 0 Å². The molecule has 1 aliphatic heterocycles. The van der Waals surface area contributed by atoms with Gasteiger partial charge in [-0.05, 0) is 44.8 Å². The van der Waals surface area contributed by atoms with E-state index in [-0.39, 0.29) is 5.91 Å². The monoisotopic (exact) mass is 367 g/mol. The number of piperidine rings is 1. The summed E-state index contributed by atoms with van der Waals surface area (Å²) >= 11 is 0. The average Bonchev–Trinajstić information content (AvgIpc) is 2.69. The van der Waals surface area contributed by atoms with Gasteiger partial charge in [-0.3, -0.25) is 4.79 Å². The fourth-order valence-electron chi connectivity index (χ4n) is 3.43. The summed E-state index contributed by atoms with van der Waals surface area (Å²) in [5.41, 5.74) is 1.85. The Morgan fingerprint density at radius 1 is 1.19 bits per heavy atom. The highest BCUT2D eigenvalue weighted by molar-refractivity contribution is 5.92. The zero-order valence-corrected chi connectivity index (χ0v) is 16.3. The molecule has 1 saturated heterocycles. The number of carbonyl (C=O) groups excluding carboxylic acids is 1. The minimum atomic E-state index is 0.00576. The van der Waals surface area contributed by atoms with Gasteiger partial charge in [-0.15, -0.1) is 0 Å². The van der Waals surface area contributed by atoms with E-state index in [1.807, 2.05) is 19.0 Å². The van der Waals surface area contributed by atoms with Crippen LogP contribution in [0, 0.1) is 5.92 Å². The molecular formula is C21H29N5O. The van der Waals surface area contributed by atoms with Gasteiger partial charge in [0.1, 0.15) is 17.8 Å². The van der Waals surface area contributed by atoms with Gasteiger partial charge in [-0.1, -0.05) is 30.3 Å². The van der Waals surface area contributed by atoms with E-state index in [1.54, 1.807) is 6.07 Å². The third-order valence-corrected chi connectivity index (χ3v) is 5.02. The Labute approximate surface area is 161 Å². The summed E-state index contributed by atoms with van der Waals surface area (Å²) in [4.78, 5) is 25.2. The minimum Gasteiger partial charge on any atom is -0.369 e. The van der Waals surface area contributed by atoms with Gasteiger partial charge in [0.25, 0.3) is 5.91 Å². The maximum atomic E-state index is 12.8. The summed E-state index contributed by atoms with van der Waals surface area (Å²) in [6.45, 7) is 3.28. The molecule has 2 heterocycles. The summed E-state index contributed by atoms with van der Waals surface area (Å²) in [5.74, 6) is 1.35. The lowest BCUT2D eigenvalue weighted by molar-refractivity contribution is 0.0684. The third-order valence-electron chi connectivity index (χ3n) is 5.02. The molecule has 1 aromatic heterocycles. The lowest BCUT2D eigenvalue weighted by Gasteiger charge is -2.32. The average molecular weight is 367 g/mol. The minimum absolute atomic E-state index is 0.00576. The van der Waals surface area contributed by atoms with E-state index >= 15 is 0 Å². The molecule has 144 valence electrons. The number of likely N-dealkylation sites (N-methyl/N-ethyl adjacent to an activating group) is 1. The van der Waals surface area contributed by atoms with Gasteiger partial charge >= 0.3 is 0 Å². The molecular weight excluding hydrogens is 338 g/mol. The number of likely N-dealkylation sites (tertiary alicyclic amines) is 1. The van der Waals surface area contributed by atoms with Crippen molar-refractivity contribution < 1.29 is 4.79 Å². The lowest BCUT2D eigenvalue weighted by atomic mass is 9.90. The van der Waals surface area contributed by atoms with Crippen LogP contribution < -0.4 is 5.32 Å². The summed E-state index contributed by atoms with van der Waals surface area (Å²) in [6, 6.07) is 12.4. The van der Waals surface area contributed by atoms with E-state index in [0.29, 0.717) is 17.4 Å². The van der Waals surface area contributed by atoms with Crippen LogP contribution in [0.1, 0.15) is 28.9 Å². The molecule has 6 heteroatoms. The molecule has 27 heavy (non-hydrogen) atoms. The first kappa shape index (κ1) is 19.3. The van der Waals surface area contributed by atoms with E-state index in [1.165, 1.54) is 11.9 Å². The molecule has 0 aliphatic carbocycles. The largest absolute Gasteiger partial charge is 0.369 e. The quantitative estimate of drug-likeness (QED) is 0.815. The highest BCUT2D eigenvalue weighted by Gasteiger charge is 2.24. The first-order valence-corrected chi connectivity index (χ1v) is 9.65. The lowest BCUT2D eigenvalue weighted by Crippen LogP contribution is -2.39. The van der Waals surface area contributed by atoms with Gasteiger partial charge in [-0.2, -0.15) is 0 Å². The molecule has 6 nitrogen and oxygen atoms in total. The van der Waals surface area contributed by atoms with Crippen LogP contribution >= 0.6 is 0 Å². The molecule has 0 atom stereocenters. The number of carbonyl (C=O) groups is 1. The third kappa shape index (κ3) is 5.76. The Morgan fingerprint density at radius 3 is 2.63 bits per heavy atom. The maximum absolute atomic E-state index is 12.8. The second-order valence-corrected chi connectivity index (χ2v) is 7.44. The summed E-state index contributed by atoms with van der Waals surface area (Å²) in [6.07, 6.45) is 4.64. The van der Waals surface area contributed by atoms with Crippen LogP contribution in [0.25, 0.3) is 0 Å². The van der Waals surface area contributed by atoms with E-state index in [0.717, 1.165) is 45.4 Å². The number of nitrogens with one attached hydrogen (secondary N) is 1. The molecule has 1 amide bonds. The normalized spacial score (nSPS) is 15.1. The van der Waals surface area contributed by atoms with E-state index in [9.17, 15) is 4.79 Å². The molecule has 1 fully saturated rings. The Kier molecular flexibility index (Phi) is 6.76. The van der Waals surface area contributed by atoms with E-state index < -0.39 is 0 Å². The number of aromatic nitrogens is 2. The fraction of sp³-hybridized carbons (Fsp3) is 0.476. The van der Waals surface area contributed by atoms with Crippen LogP contribution in [0.5, 0.6) is 0 Å². The molecule has 2 aromatic rings. The van der Waals surface area contributed by atoms with Gasteiger partial charge in [0.15, 0.2) is 0 Å². The molecule has 1 N–H and O–H groups in total. The predicted molar refractivity (Wildman–Crippen MR) is 108 cm³/mol. The smallest absolute Gasteiger partial charge is 0.272 e. The first-order valence-electron chi connectivity index (χ1n) is 9.65. The zero-order chi connectivity index (χ0) is 19.1. The SMILES string of the molecule is CN(C)CCNc1cc(C(=O)N2CCC(Cc3ccccc3)CC2)ncn1. The van der Waals surface area contributed by atoms with E-state index in [2.05, 4.69) is 50.5 Å². The van der Waals surface area contributed by atoms with Crippen molar-refractivity contribution in [2.24, 2.45) is 5.92 Å². The van der Waals surface area contributed by atoms with Crippen molar-refractivity contribution in [3.63, 3.8) is 0 Å². The molecule has 0 unspecified atom stereocenters. The number of hydrogen-bond acceptors (Lipinski definition) is 5. The number of anilines is 1. The second-order valence-electron chi connectivity index (χ2n) is 7.44. The van der Waals surface area contributed by atoms with Crippen molar-refractivity contribution in [2.75, 3.05) is 45.6 Å². The number of amides is 1. The summed E-state index contributed by atoms with van der Waals surface area (Å²) in [7, 11) is 4.05.